The number of carbonyl (C=O) groups is 1. The molecule has 35 heavy (non-hydrogen) atoms. The van der Waals surface area contributed by atoms with E-state index in [1.165, 1.54) is 0 Å². The summed E-state index contributed by atoms with van der Waals surface area (Å²) in [6, 6.07) is 0. The lowest BCUT2D eigenvalue weighted by Gasteiger charge is -2.44. The molecule has 17 heteroatoms. The molecule has 0 unspecified atom stereocenters. The predicted octanol–water partition coefficient (Wildman–Crippen LogP) is -8.78. The number of aliphatic hydroxyl groups is 13. The molecular weight excluding hydrogens is 488 g/mol. The maximum Gasteiger partial charge on any atom is 0.189 e. The van der Waals surface area contributed by atoms with Crippen LogP contribution in [0.2, 0.25) is 0 Å². The third kappa shape index (κ3) is 8.01. The molecule has 14 atom stereocenters. The second-order valence-corrected chi connectivity index (χ2v) is 7.89. The summed E-state index contributed by atoms with van der Waals surface area (Å²) in [5.41, 5.74) is 0. The van der Waals surface area contributed by atoms with E-state index < -0.39 is 106 Å². The summed E-state index contributed by atoms with van der Waals surface area (Å²) in [5, 5.41) is 120. The Labute approximate surface area is 198 Å². The Bertz CT molecular complexity index is 574. The minimum atomic E-state index is -1.79. The molecule has 0 bridgehead atoms. The largest absolute Gasteiger partial charge is 0.394 e. The van der Waals surface area contributed by atoms with Crippen LogP contribution in [0.1, 0.15) is 0 Å². The molecular formula is C18H34O17. The Kier molecular flexibility index (Phi) is 13.5. The van der Waals surface area contributed by atoms with Gasteiger partial charge in [-0.25, -0.2) is 0 Å². The van der Waals surface area contributed by atoms with E-state index in [0.717, 1.165) is 0 Å². The minimum absolute atomic E-state index is 0.0258. The highest BCUT2D eigenvalue weighted by Gasteiger charge is 2.49. The lowest BCUT2D eigenvalue weighted by Crippen LogP contribution is -2.63. The van der Waals surface area contributed by atoms with E-state index in [9.17, 15) is 35.4 Å². The van der Waals surface area contributed by atoms with E-state index in [1.54, 1.807) is 0 Å². The van der Waals surface area contributed by atoms with Crippen molar-refractivity contribution in [3.63, 3.8) is 0 Å². The number of hydrogen-bond acceptors (Lipinski definition) is 17. The van der Waals surface area contributed by atoms with Gasteiger partial charge in [0.1, 0.15) is 73.2 Å². The van der Waals surface area contributed by atoms with Gasteiger partial charge in [0.25, 0.3) is 0 Å². The van der Waals surface area contributed by atoms with Gasteiger partial charge in [0.05, 0.1) is 19.8 Å². The molecule has 0 aromatic carbocycles. The fourth-order valence-corrected chi connectivity index (χ4v) is 3.11. The summed E-state index contributed by atoms with van der Waals surface area (Å²) in [6.45, 7) is -2.09. The van der Waals surface area contributed by atoms with E-state index in [-0.39, 0.29) is 6.29 Å². The Morgan fingerprint density at radius 2 is 1.06 bits per heavy atom. The topological polar surface area (TPSA) is 308 Å². The van der Waals surface area contributed by atoms with Crippen molar-refractivity contribution in [2.75, 3.05) is 19.8 Å². The SMILES string of the molecule is O=C[C@H](O)[C@@H](O)[C@H](O)[C@H](O)CO.OC[C@H]1O[C@H](O[C@H]2O[C@H](CO)[C@@H](O)[C@H](O)[C@H]2O)[C@H](O)[C@@H](O)[C@@H]1O. The van der Waals surface area contributed by atoms with Crippen LogP contribution in [0.4, 0.5) is 0 Å². The number of aldehydes is 1. The molecule has 2 fully saturated rings. The number of carbonyl (C=O) groups excluding carboxylic acids is 1. The smallest absolute Gasteiger partial charge is 0.189 e. The molecule has 208 valence electrons. The Morgan fingerprint density at radius 1 is 0.657 bits per heavy atom. The maximum atomic E-state index is 9.90. The molecule has 0 aliphatic carbocycles. The first kappa shape index (κ1) is 32.1. The van der Waals surface area contributed by atoms with Crippen molar-refractivity contribution in [3.05, 3.63) is 0 Å². The summed E-state index contributed by atoms with van der Waals surface area (Å²) in [6.07, 6.45) is -22.4. The van der Waals surface area contributed by atoms with Gasteiger partial charge in [-0.15, -0.1) is 0 Å². The maximum absolute atomic E-state index is 9.90. The van der Waals surface area contributed by atoms with Gasteiger partial charge in [-0.3, -0.25) is 0 Å². The van der Waals surface area contributed by atoms with Gasteiger partial charge in [0.2, 0.25) is 0 Å². The van der Waals surface area contributed by atoms with Crippen LogP contribution in [0.25, 0.3) is 0 Å². The predicted molar refractivity (Wildman–Crippen MR) is 106 cm³/mol. The highest BCUT2D eigenvalue weighted by molar-refractivity contribution is 5.56. The molecule has 2 aliphatic rings. The van der Waals surface area contributed by atoms with Crippen molar-refractivity contribution in [1.82, 2.24) is 0 Å². The lowest BCUT2D eigenvalue weighted by molar-refractivity contribution is -0.376. The summed E-state index contributed by atoms with van der Waals surface area (Å²) < 4.78 is 15.3. The molecule has 2 aliphatic heterocycles. The normalized spacial score (nSPS) is 41.2. The fourth-order valence-electron chi connectivity index (χ4n) is 3.11. The van der Waals surface area contributed by atoms with Gasteiger partial charge < -0.3 is 85.4 Å². The Morgan fingerprint density at radius 3 is 1.37 bits per heavy atom. The molecule has 0 aromatic rings. The zero-order valence-electron chi connectivity index (χ0n) is 18.2. The minimum Gasteiger partial charge on any atom is -0.394 e. The number of rotatable bonds is 9. The number of ether oxygens (including phenoxy) is 3. The standard InChI is InChI=1S/C12H22O11.C6H12O6/c13-1-3-5(15)7(17)9(19)11(21-3)23-12-10(20)8(18)6(16)4(2-14)22-12;7-1-3(9)5(11)6(12)4(10)2-8/h3-20H,1-2H2;1,3-6,8-12H,2H2/t3-,4-,5-,6-,7+,8+,9-,10-,11-,12-;3-,4+,5+,6+/m10/s1. The number of aliphatic hydroxyl groups excluding tert-OH is 13. The third-order valence-electron chi connectivity index (χ3n) is 5.39. The van der Waals surface area contributed by atoms with Gasteiger partial charge >= 0.3 is 0 Å². The van der Waals surface area contributed by atoms with Gasteiger partial charge in [-0.1, -0.05) is 0 Å². The van der Waals surface area contributed by atoms with Crippen LogP contribution in [0.15, 0.2) is 0 Å². The van der Waals surface area contributed by atoms with Crippen LogP contribution in [-0.4, -0.2) is 178 Å². The van der Waals surface area contributed by atoms with E-state index in [0.29, 0.717) is 0 Å². The van der Waals surface area contributed by atoms with Gasteiger partial charge in [-0.2, -0.15) is 0 Å². The Hall–Kier alpha value is -0.970. The first-order valence-corrected chi connectivity index (χ1v) is 10.4. The molecule has 0 spiro atoms. The summed E-state index contributed by atoms with van der Waals surface area (Å²) >= 11 is 0. The van der Waals surface area contributed by atoms with Crippen molar-refractivity contribution >= 4 is 6.29 Å². The second-order valence-electron chi connectivity index (χ2n) is 7.89. The van der Waals surface area contributed by atoms with Crippen molar-refractivity contribution in [2.24, 2.45) is 0 Å². The highest BCUT2D eigenvalue weighted by Crippen LogP contribution is 2.27. The fraction of sp³-hybridized carbons (Fsp3) is 0.944. The average molecular weight is 522 g/mol. The van der Waals surface area contributed by atoms with Crippen molar-refractivity contribution in [2.45, 2.75) is 85.8 Å². The lowest BCUT2D eigenvalue weighted by atomic mass is 9.98. The molecule has 0 aromatic heterocycles. The second kappa shape index (κ2) is 14.7. The highest BCUT2D eigenvalue weighted by atomic mass is 16.8. The third-order valence-corrected chi connectivity index (χ3v) is 5.39. The molecule has 13 N–H and O–H groups in total. The van der Waals surface area contributed by atoms with Crippen LogP contribution >= 0.6 is 0 Å². The number of hydrogen-bond donors (Lipinski definition) is 13. The zero-order chi connectivity index (χ0) is 27.0. The monoisotopic (exact) mass is 522 g/mol. The van der Waals surface area contributed by atoms with E-state index >= 15 is 0 Å². The molecule has 2 saturated heterocycles. The summed E-state index contributed by atoms with van der Waals surface area (Å²) in [4.78, 5) is 9.90. The van der Waals surface area contributed by atoms with Crippen LogP contribution in [-0.2, 0) is 19.0 Å². The molecule has 0 saturated carbocycles. The quantitative estimate of drug-likeness (QED) is 0.125. The summed E-state index contributed by atoms with van der Waals surface area (Å²) in [7, 11) is 0. The van der Waals surface area contributed by atoms with Crippen LogP contribution < -0.4 is 0 Å². The molecule has 2 rings (SSSR count). The van der Waals surface area contributed by atoms with Crippen LogP contribution in [0.3, 0.4) is 0 Å². The first-order valence-electron chi connectivity index (χ1n) is 10.4. The van der Waals surface area contributed by atoms with Crippen molar-refractivity contribution in [1.29, 1.82) is 0 Å². The molecule has 0 amide bonds. The van der Waals surface area contributed by atoms with Gasteiger partial charge in [0.15, 0.2) is 18.9 Å². The van der Waals surface area contributed by atoms with Gasteiger partial charge in [0, 0.05) is 0 Å². The zero-order valence-corrected chi connectivity index (χ0v) is 18.2. The van der Waals surface area contributed by atoms with Crippen molar-refractivity contribution in [3.8, 4) is 0 Å². The van der Waals surface area contributed by atoms with E-state index in [2.05, 4.69) is 0 Å². The first-order chi connectivity index (χ1) is 16.4. The average Bonchev–Trinajstić information content (AvgIpc) is 2.87. The Balaban J connectivity index is 0.000000434. The van der Waals surface area contributed by atoms with Crippen molar-refractivity contribution < 1.29 is 85.4 Å². The van der Waals surface area contributed by atoms with Gasteiger partial charge in [-0.05, 0) is 0 Å². The summed E-state index contributed by atoms with van der Waals surface area (Å²) in [5.74, 6) is 0. The van der Waals surface area contributed by atoms with E-state index in [4.69, 9.17) is 50.0 Å². The molecule has 0 radical (unpaired) electrons. The van der Waals surface area contributed by atoms with Crippen LogP contribution in [0, 0.1) is 0 Å². The van der Waals surface area contributed by atoms with Crippen LogP contribution in [0.5, 0.6) is 0 Å². The van der Waals surface area contributed by atoms with E-state index in [1.807, 2.05) is 0 Å². The molecule has 17 nitrogen and oxygen atoms in total. The molecule has 2 heterocycles.